The van der Waals surface area contributed by atoms with Crippen molar-refractivity contribution in [3.63, 3.8) is 0 Å². The van der Waals surface area contributed by atoms with Gasteiger partial charge in [0.1, 0.15) is 6.04 Å². The van der Waals surface area contributed by atoms with E-state index in [4.69, 9.17) is 0 Å². The van der Waals surface area contributed by atoms with Crippen LogP contribution >= 0.6 is 0 Å². The van der Waals surface area contributed by atoms with Crippen LogP contribution in [0, 0.1) is 0 Å². The van der Waals surface area contributed by atoms with Crippen molar-refractivity contribution in [2.24, 2.45) is 0 Å². The second-order valence-electron chi connectivity index (χ2n) is 9.18. The van der Waals surface area contributed by atoms with Crippen molar-refractivity contribution in [3.05, 3.63) is 34.9 Å². The number of piperidine rings is 2. The minimum Gasteiger partial charge on any atom is -0.298 e. The Morgan fingerprint density at radius 3 is 2.21 bits per heavy atom. The van der Waals surface area contributed by atoms with Crippen LogP contribution in [0.4, 0.5) is 0 Å². The van der Waals surface area contributed by atoms with E-state index in [1.54, 1.807) is 6.07 Å². The van der Waals surface area contributed by atoms with Gasteiger partial charge in [0.25, 0.3) is 11.8 Å². The summed E-state index contributed by atoms with van der Waals surface area (Å²) >= 11 is 0. The van der Waals surface area contributed by atoms with E-state index < -0.39 is 23.8 Å². The molecule has 2 fully saturated rings. The molecule has 0 bridgehead atoms. The average Bonchev–Trinajstić information content (AvgIpc) is 2.92. The summed E-state index contributed by atoms with van der Waals surface area (Å²) in [5, 5.41) is 2.22. The summed E-state index contributed by atoms with van der Waals surface area (Å²) in [5.74, 6) is -1.48. The number of amides is 4. The highest BCUT2D eigenvalue weighted by atomic mass is 16.2. The Morgan fingerprint density at radius 1 is 0.931 bits per heavy atom. The SMILES string of the molecule is CC(C)(C)N1CCC(c2ccc3c(c2)C(=O)N([C@H]2CCC(=O)NC2=O)C3=O)CC1. The molecule has 7 heteroatoms. The van der Waals surface area contributed by atoms with E-state index in [-0.39, 0.29) is 24.3 Å². The fourth-order valence-corrected chi connectivity index (χ4v) is 4.63. The number of fused-ring (bicyclic) bond motifs is 1. The number of imide groups is 2. The van der Waals surface area contributed by atoms with Crippen molar-refractivity contribution < 1.29 is 19.2 Å². The summed E-state index contributed by atoms with van der Waals surface area (Å²) in [6.07, 6.45) is 2.32. The third-order valence-electron chi connectivity index (χ3n) is 6.38. The minimum absolute atomic E-state index is 0.126. The molecule has 4 rings (SSSR count). The molecule has 3 aliphatic heterocycles. The molecule has 0 aromatic heterocycles. The first-order chi connectivity index (χ1) is 13.7. The molecule has 0 saturated carbocycles. The molecule has 0 unspecified atom stereocenters. The van der Waals surface area contributed by atoms with Gasteiger partial charge in [-0.3, -0.25) is 34.3 Å². The van der Waals surface area contributed by atoms with E-state index in [0.717, 1.165) is 36.4 Å². The van der Waals surface area contributed by atoms with Crippen LogP contribution in [0.25, 0.3) is 0 Å². The van der Waals surface area contributed by atoms with Crippen LogP contribution in [-0.4, -0.2) is 58.1 Å². The first-order valence-corrected chi connectivity index (χ1v) is 10.3. The molecule has 3 heterocycles. The van der Waals surface area contributed by atoms with Gasteiger partial charge in [0.05, 0.1) is 11.1 Å². The first kappa shape index (κ1) is 19.8. The topological polar surface area (TPSA) is 86.8 Å². The van der Waals surface area contributed by atoms with Crippen LogP contribution in [0.1, 0.15) is 78.7 Å². The molecule has 1 atom stereocenters. The van der Waals surface area contributed by atoms with Crippen molar-refractivity contribution in [1.29, 1.82) is 0 Å². The average molecular weight is 397 g/mol. The lowest BCUT2D eigenvalue weighted by Gasteiger charge is -2.41. The molecule has 7 nitrogen and oxygen atoms in total. The lowest BCUT2D eigenvalue weighted by atomic mass is 9.86. The van der Waals surface area contributed by atoms with Gasteiger partial charge in [0, 0.05) is 12.0 Å². The maximum Gasteiger partial charge on any atom is 0.262 e. The molecule has 1 N–H and O–H groups in total. The Balaban J connectivity index is 1.53. The zero-order chi connectivity index (χ0) is 20.9. The van der Waals surface area contributed by atoms with E-state index in [9.17, 15) is 19.2 Å². The second kappa shape index (κ2) is 7.06. The van der Waals surface area contributed by atoms with E-state index in [0.29, 0.717) is 17.0 Å². The third-order valence-corrected chi connectivity index (χ3v) is 6.38. The quantitative estimate of drug-likeness (QED) is 0.772. The lowest BCUT2D eigenvalue weighted by molar-refractivity contribution is -0.136. The van der Waals surface area contributed by atoms with Crippen molar-refractivity contribution >= 4 is 23.6 Å². The van der Waals surface area contributed by atoms with Crippen molar-refractivity contribution in [2.75, 3.05) is 13.1 Å². The molecular formula is C22H27N3O4. The van der Waals surface area contributed by atoms with Gasteiger partial charge in [-0.05, 0) is 76.7 Å². The Kier molecular flexibility index (Phi) is 4.81. The maximum atomic E-state index is 13.0. The Bertz CT molecular complexity index is 894. The Labute approximate surface area is 170 Å². The Morgan fingerprint density at radius 2 is 1.59 bits per heavy atom. The molecule has 154 valence electrons. The van der Waals surface area contributed by atoms with Gasteiger partial charge >= 0.3 is 0 Å². The summed E-state index contributed by atoms with van der Waals surface area (Å²) in [5.41, 5.74) is 1.93. The van der Waals surface area contributed by atoms with Crippen LogP contribution < -0.4 is 5.32 Å². The number of likely N-dealkylation sites (tertiary alicyclic amines) is 1. The summed E-state index contributed by atoms with van der Waals surface area (Å²) < 4.78 is 0. The Hall–Kier alpha value is -2.54. The standard InChI is InChI=1S/C22H27N3O4/c1-22(2,3)24-10-8-13(9-11-24)14-4-5-15-16(12-14)21(29)25(20(15)28)17-6-7-18(26)23-19(17)27/h4-5,12-13,17H,6-11H2,1-3H3,(H,23,26,27)/t17-/m0/s1. The smallest absolute Gasteiger partial charge is 0.262 e. The van der Waals surface area contributed by atoms with Crippen LogP contribution in [-0.2, 0) is 9.59 Å². The van der Waals surface area contributed by atoms with E-state index >= 15 is 0 Å². The molecule has 3 aliphatic rings. The normalized spacial score (nSPS) is 24.1. The predicted molar refractivity (Wildman–Crippen MR) is 106 cm³/mol. The fourth-order valence-electron chi connectivity index (χ4n) is 4.63. The molecule has 0 radical (unpaired) electrons. The van der Waals surface area contributed by atoms with Gasteiger partial charge in [-0.25, -0.2) is 0 Å². The largest absolute Gasteiger partial charge is 0.298 e. The number of hydrogen-bond donors (Lipinski definition) is 1. The summed E-state index contributed by atoms with van der Waals surface area (Å²) in [7, 11) is 0. The number of nitrogens with zero attached hydrogens (tertiary/aromatic N) is 2. The van der Waals surface area contributed by atoms with Crippen LogP contribution in [0.2, 0.25) is 0 Å². The molecule has 0 spiro atoms. The highest BCUT2D eigenvalue weighted by Crippen LogP contribution is 2.34. The first-order valence-electron chi connectivity index (χ1n) is 10.3. The maximum absolute atomic E-state index is 13.0. The monoisotopic (exact) mass is 397 g/mol. The summed E-state index contributed by atoms with van der Waals surface area (Å²) in [4.78, 5) is 52.9. The molecule has 0 aliphatic carbocycles. The third kappa shape index (κ3) is 3.48. The minimum atomic E-state index is -0.918. The van der Waals surface area contributed by atoms with Gasteiger partial charge in [0.15, 0.2) is 0 Å². The van der Waals surface area contributed by atoms with Crippen molar-refractivity contribution in [3.8, 4) is 0 Å². The van der Waals surface area contributed by atoms with Crippen molar-refractivity contribution in [2.45, 2.75) is 64.0 Å². The van der Waals surface area contributed by atoms with Gasteiger partial charge in [-0.2, -0.15) is 0 Å². The second-order valence-corrected chi connectivity index (χ2v) is 9.18. The summed E-state index contributed by atoms with van der Waals surface area (Å²) in [6.45, 7) is 8.66. The fraction of sp³-hybridized carbons (Fsp3) is 0.545. The number of nitrogens with one attached hydrogen (secondary N) is 1. The number of benzene rings is 1. The van der Waals surface area contributed by atoms with Crippen LogP contribution in [0.15, 0.2) is 18.2 Å². The number of carbonyl (C=O) groups excluding carboxylic acids is 4. The van der Waals surface area contributed by atoms with Gasteiger partial charge < -0.3 is 0 Å². The number of carbonyl (C=O) groups is 4. The molecule has 2 saturated heterocycles. The van der Waals surface area contributed by atoms with E-state index in [1.165, 1.54) is 0 Å². The van der Waals surface area contributed by atoms with E-state index in [2.05, 4.69) is 31.0 Å². The van der Waals surface area contributed by atoms with Crippen LogP contribution in [0.3, 0.4) is 0 Å². The summed E-state index contributed by atoms with van der Waals surface area (Å²) in [6, 6.07) is 4.57. The van der Waals surface area contributed by atoms with E-state index in [1.807, 2.05) is 12.1 Å². The molecule has 1 aromatic rings. The number of hydrogen-bond acceptors (Lipinski definition) is 5. The molecule has 1 aromatic carbocycles. The van der Waals surface area contributed by atoms with Gasteiger partial charge in [0.2, 0.25) is 11.8 Å². The predicted octanol–water partition coefficient (Wildman–Crippen LogP) is 2.07. The highest BCUT2D eigenvalue weighted by Gasteiger charge is 2.44. The van der Waals surface area contributed by atoms with Crippen LogP contribution in [0.5, 0.6) is 0 Å². The molecule has 29 heavy (non-hydrogen) atoms. The molecular weight excluding hydrogens is 370 g/mol. The number of rotatable bonds is 2. The molecule has 4 amide bonds. The van der Waals surface area contributed by atoms with Crippen molar-refractivity contribution in [1.82, 2.24) is 15.1 Å². The van der Waals surface area contributed by atoms with Gasteiger partial charge in [-0.15, -0.1) is 0 Å². The van der Waals surface area contributed by atoms with Gasteiger partial charge in [-0.1, -0.05) is 6.07 Å². The zero-order valence-electron chi connectivity index (χ0n) is 17.2. The lowest BCUT2D eigenvalue weighted by Crippen LogP contribution is -2.54. The zero-order valence-corrected chi connectivity index (χ0v) is 17.2. The highest BCUT2D eigenvalue weighted by molar-refractivity contribution is 6.23.